The fraction of sp³-hybridized carbons (Fsp3) is 0.400. The van der Waals surface area contributed by atoms with Crippen molar-refractivity contribution < 1.29 is 4.74 Å². The highest BCUT2D eigenvalue weighted by Crippen LogP contribution is 2.24. The second-order valence-electron chi connectivity index (χ2n) is 4.80. The number of halogens is 1. The van der Waals surface area contributed by atoms with Crippen molar-refractivity contribution >= 4 is 11.6 Å². The molecule has 0 radical (unpaired) electrons. The Morgan fingerprint density at radius 1 is 1.45 bits per heavy atom. The number of rotatable bonds is 6. The molecule has 5 heteroatoms. The van der Waals surface area contributed by atoms with Crippen LogP contribution in [-0.2, 0) is 13.0 Å². The Labute approximate surface area is 124 Å². The topological polar surface area (TPSA) is 53.1 Å². The van der Waals surface area contributed by atoms with Crippen molar-refractivity contribution in [3.8, 4) is 5.75 Å². The lowest BCUT2D eigenvalue weighted by Gasteiger charge is -2.13. The second kappa shape index (κ2) is 6.77. The summed E-state index contributed by atoms with van der Waals surface area (Å²) in [5, 5.41) is 0.702. The Balaban J connectivity index is 2.22. The summed E-state index contributed by atoms with van der Waals surface area (Å²) < 4.78 is 7.46. The summed E-state index contributed by atoms with van der Waals surface area (Å²) in [6, 6.07) is 5.76. The van der Waals surface area contributed by atoms with Gasteiger partial charge in [0.05, 0.1) is 13.7 Å². The number of imidazole rings is 1. The summed E-state index contributed by atoms with van der Waals surface area (Å²) in [4.78, 5) is 4.39. The van der Waals surface area contributed by atoms with Gasteiger partial charge in [0.25, 0.3) is 0 Å². The van der Waals surface area contributed by atoms with E-state index in [1.165, 1.54) is 0 Å². The predicted octanol–water partition coefficient (Wildman–Crippen LogP) is 2.87. The van der Waals surface area contributed by atoms with Crippen molar-refractivity contribution in [1.29, 1.82) is 0 Å². The Kier molecular flexibility index (Phi) is 5.04. The Hall–Kier alpha value is -1.52. The van der Waals surface area contributed by atoms with Crippen LogP contribution in [0.25, 0.3) is 0 Å². The Morgan fingerprint density at radius 2 is 2.25 bits per heavy atom. The zero-order valence-electron chi connectivity index (χ0n) is 11.8. The van der Waals surface area contributed by atoms with Crippen molar-refractivity contribution in [2.45, 2.75) is 32.4 Å². The normalized spacial score (nSPS) is 12.4. The highest BCUT2D eigenvalue weighted by atomic mass is 35.5. The maximum Gasteiger partial charge on any atom is 0.123 e. The number of benzene rings is 1. The molecule has 0 bridgehead atoms. The van der Waals surface area contributed by atoms with E-state index in [4.69, 9.17) is 22.1 Å². The SMILES string of the molecule is CCC(N)Cc1nccn1Cc1cc(Cl)ccc1OC. The highest BCUT2D eigenvalue weighted by Gasteiger charge is 2.10. The van der Waals surface area contributed by atoms with Gasteiger partial charge in [0.15, 0.2) is 0 Å². The van der Waals surface area contributed by atoms with Crippen LogP contribution in [0.4, 0.5) is 0 Å². The summed E-state index contributed by atoms with van der Waals surface area (Å²) >= 11 is 6.06. The van der Waals surface area contributed by atoms with Crippen LogP contribution in [0.1, 0.15) is 24.7 Å². The first-order valence-corrected chi connectivity index (χ1v) is 7.09. The summed E-state index contributed by atoms with van der Waals surface area (Å²) in [7, 11) is 1.66. The van der Waals surface area contributed by atoms with Crippen LogP contribution in [0.2, 0.25) is 5.02 Å². The van der Waals surface area contributed by atoms with E-state index in [0.717, 1.165) is 30.0 Å². The number of hydrogen-bond donors (Lipinski definition) is 1. The van der Waals surface area contributed by atoms with E-state index in [1.54, 1.807) is 13.3 Å². The molecule has 4 nitrogen and oxygen atoms in total. The van der Waals surface area contributed by atoms with Gasteiger partial charge in [0, 0.05) is 35.4 Å². The number of hydrogen-bond acceptors (Lipinski definition) is 3. The molecule has 1 aromatic carbocycles. The smallest absolute Gasteiger partial charge is 0.123 e. The monoisotopic (exact) mass is 293 g/mol. The molecular formula is C15H20ClN3O. The molecule has 0 aliphatic heterocycles. The molecule has 1 atom stereocenters. The van der Waals surface area contributed by atoms with E-state index in [0.29, 0.717) is 11.6 Å². The summed E-state index contributed by atoms with van der Waals surface area (Å²) in [5.41, 5.74) is 7.04. The molecular weight excluding hydrogens is 274 g/mol. The van der Waals surface area contributed by atoms with Gasteiger partial charge in [-0.15, -0.1) is 0 Å². The van der Waals surface area contributed by atoms with E-state index >= 15 is 0 Å². The maximum atomic E-state index is 6.06. The Bertz CT molecular complexity index is 568. The van der Waals surface area contributed by atoms with E-state index in [9.17, 15) is 0 Å². The lowest BCUT2D eigenvalue weighted by molar-refractivity contribution is 0.408. The predicted molar refractivity (Wildman–Crippen MR) is 81.3 cm³/mol. The molecule has 1 unspecified atom stereocenters. The van der Waals surface area contributed by atoms with Gasteiger partial charge >= 0.3 is 0 Å². The third-order valence-electron chi connectivity index (χ3n) is 3.35. The molecule has 0 amide bonds. The van der Waals surface area contributed by atoms with Crippen LogP contribution < -0.4 is 10.5 Å². The van der Waals surface area contributed by atoms with Crippen LogP contribution in [0, 0.1) is 0 Å². The lowest BCUT2D eigenvalue weighted by Crippen LogP contribution is -2.23. The molecule has 0 aliphatic carbocycles. The lowest BCUT2D eigenvalue weighted by atomic mass is 10.1. The number of aromatic nitrogens is 2. The molecule has 2 rings (SSSR count). The maximum absolute atomic E-state index is 6.06. The van der Waals surface area contributed by atoms with Crippen molar-refractivity contribution in [2.24, 2.45) is 5.73 Å². The first-order chi connectivity index (χ1) is 9.63. The fourth-order valence-electron chi connectivity index (χ4n) is 2.11. The van der Waals surface area contributed by atoms with Gasteiger partial charge in [-0.25, -0.2) is 4.98 Å². The number of nitrogens with two attached hydrogens (primary N) is 1. The van der Waals surface area contributed by atoms with E-state index in [2.05, 4.69) is 16.5 Å². The average molecular weight is 294 g/mol. The first kappa shape index (κ1) is 14.9. The number of methoxy groups -OCH3 is 1. The van der Waals surface area contributed by atoms with Gasteiger partial charge in [-0.1, -0.05) is 18.5 Å². The van der Waals surface area contributed by atoms with E-state index in [-0.39, 0.29) is 6.04 Å². The van der Waals surface area contributed by atoms with Gasteiger partial charge in [0.2, 0.25) is 0 Å². The van der Waals surface area contributed by atoms with Crippen LogP contribution >= 0.6 is 11.6 Å². The zero-order chi connectivity index (χ0) is 14.5. The van der Waals surface area contributed by atoms with Crippen molar-refractivity contribution in [1.82, 2.24) is 9.55 Å². The largest absolute Gasteiger partial charge is 0.496 e. The molecule has 1 heterocycles. The number of nitrogens with zero attached hydrogens (tertiary/aromatic N) is 2. The first-order valence-electron chi connectivity index (χ1n) is 6.72. The van der Waals surface area contributed by atoms with E-state index < -0.39 is 0 Å². The van der Waals surface area contributed by atoms with Crippen LogP contribution in [0.5, 0.6) is 5.75 Å². The third kappa shape index (κ3) is 3.52. The van der Waals surface area contributed by atoms with Gasteiger partial charge in [0.1, 0.15) is 11.6 Å². The molecule has 108 valence electrons. The summed E-state index contributed by atoms with van der Waals surface area (Å²) in [6.07, 6.45) is 5.46. The molecule has 0 aliphatic rings. The van der Waals surface area contributed by atoms with Gasteiger partial charge in [-0.3, -0.25) is 0 Å². The second-order valence-corrected chi connectivity index (χ2v) is 5.24. The standard InChI is InChI=1S/C15H20ClN3O/c1-3-13(17)9-15-18-6-7-19(15)10-11-8-12(16)4-5-14(11)20-2/h4-8,13H,3,9-10,17H2,1-2H3. The van der Waals surface area contributed by atoms with Crippen LogP contribution in [-0.4, -0.2) is 22.7 Å². The average Bonchev–Trinajstić information content (AvgIpc) is 2.86. The van der Waals surface area contributed by atoms with Crippen LogP contribution in [0.15, 0.2) is 30.6 Å². The molecule has 20 heavy (non-hydrogen) atoms. The molecule has 0 fully saturated rings. The molecule has 0 saturated carbocycles. The Morgan fingerprint density at radius 3 is 2.95 bits per heavy atom. The minimum Gasteiger partial charge on any atom is -0.496 e. The molecule has 0 spiro atoms. The van der Waals surface area contributed by atoms with Gasteiger partial charge < -0.3 is 15.0 Å². The quantitative estimate of drug-likeness (QED) is 0.891. The summed E-state index contributed by atoms with van der Waals surface area (Å²) in [6.45, 7) is 2.76. The number of ether oxygens (including phenoxy) is 1. The minimum atomic E-state index is 0.136. The van der Waals surface area contributed by atoms with Gasteiger partial charge in [-0.05, 0) is 24.6 Å². The van der Waals surface area contributed by atoms with Crippen LogP contribution in [0.3, 0.4) is 0 Å². The molecule has 0 saturated heterocycles. The fourth-order valence-corrected chi connectivity index (χ4v) is 2.30. The van der Waals surface area contributed by atoms with Crippen molar-refractivity contribution in [2.75, 3.05) is 7.11 Å². The third-order valence-corrected chi connectivity index (χ3v) is 3.59. The minimum absolute atomic E-state index is 0.136. The van der Waals surface area contributed by atoms with Crippen molar-refractivity contribution in [3.63, 3.8) is 0 Å². The van der Waals surface area contributed by atoms with Crippen molar-refractivity contribution in [3.05, 3.63) is 47.0 Å². The zero-order valence-corrected chi connectivity index (χ0v) is 12.6. The summed E-state index contributed by atoms with van der Waals surface area (Å²) in [5.74, 6) is 1.82. The van der Waals surface area contributed by atoms with Gasteiger partial charge in [-0.2, -0.15) is 0 Å². The van der Waals surface area contributed by atoms with E-state index in [1.807, 2.05) is 24.4 Å². The molecule has 2 N–H and O–H groups in total. The molecule has 2 aromatic rings. The molecule has 1 aromatic heterocycles. The highest BCUT2D eigenvalue weighted by molar-refractivity contribution is 6.30.